The Morgan fingerprint density at radius 1 is 1.31 bits per heavy atom. The first-order valence-corrected chi connectivity index (χ1v) is 5.56. The minimum atomic E-state index is -0.498. The Balaban J connectivity index is 2.30. The molecule has 2 N–H and O–H groups in total. The first-order chi connectivity index (χ1) is 7.59. The summed E-state index contributed by atoms with van der Waals surface area (Å²) in [5, 5.41) is 0. The van der Waals surface area contributed by atoms with Gasteiger partial charge in [-0.3, -0.25) is 0 Å². The number of nitrogens with two attached hydrogens (primary N) is 1. The zero-order chi connectivity index (χ0) is 11.7. The van der Waals surface area contributed by atoms with Gasteiger partial charge in [0, 0.05) is 18.6 Å². The van der Waals surface area contributed by atoms with Crippen LogP contribution in [0.5, 0.6) is 0 Å². The number of benzene rings is 1. The van der Waals surface area contributed by atoms with Crippen LogP contribution in [0.4, 0.5) is 14.5 Å². The SMILES string of the molecule is CC1CC(N)CCN1c1c(F)cccc1F. The van der Waals surface area contributed by atoms with Crippen molar-refractivity contribution in [2.24, 2.45) is 5.73 Å². The molecule has 4 heteroatoms. The van der Waals surface area contributed by atoms with Crippen LogP contribution in [0.15, 0.2) is 18.2 Å². The predicted octanol–water partition coefficient (Wildman–Crippen LogP) is 2.28. The molecule has 1 aromatic rings. The molecule has 2 unspecified atom stereocenters. The van der Waals surface area contributed by atoms with E-state index in [0.717, 1.165) is 12.8 Å². The number of para-hydroxylation sites is 1. The van der Waals surface area contributed by atoms with Gasteiger partial charge in [-0.15, -0.1) is 0 Å². The molecule has 88 valence electrons. The summed E-state index contributed by atoms with van der Waals surface area (Å²) >= 11 is 0. The van der Waals surface area contributed by atoms with Crippen LogP contribution in [0.25, 0.3) is 0 Å². The summed E-state index contributed by atoms with van der Waals surface area (Å²) in [6.45, 7) is 2.56. The van der Waals surface area contributed by atoms with Crippen molar-refractivity contribution in [3.05, 3.63) is 29.8 Å². The number of halogens is 2. The lowest BCUT2D eigenvalue weighted by atomic mass is 9.98. The van der Waals surface area contributed by atoms with Crippen LogP contribution < -0.4 is 10.6 Å². The molecule has 0 radical (unpaired) electrons. The highest BCUT2D eigenvalue weighted by atomic mass is 19.1. The molecule has 0 saturated carbocycles. The zero-order valence-corrected chi connectivity index (χ0v) is 9.29. The Hall–Kier alpha value is -1.16. The molecule has 1 heterocycles. The highest BCUT2D eigenvalue weighted by Gasteiger charge is 2.27. The van der Waals surface area contributed by atoms with Crippen molar-refractivity contribution in [3.8, 4) is 0 Å². The maximum Gasteiger partial charge on any atom is 0.149 e. The van der Waals surface area contributed by atoms with Gasteiger partial charge in [0.2, 0.25) is 0 Å². The third-order valence-electron chi connectivity index (χ3n) is 3.14. The fraction of sp³-hybridized carbons (Fsp3) is 0.500. The largest absolute Gasteiger partial charge is 0.364 e. The average Bonchev–Trinajstić information content (AvgIpc) is 2.20. The summed E-state index contributed by atoms with van der Waals surface area (Å²) in [4.78, 5) is 1.77. The summed E-state index contributed by atoms with van der Waals surface area (Å²) in [7, 11) is 0. The van der Waals surface area contributed by atoms with Gasteiger partial charge < -0.3 is 10.6 Å². The monoisotopic (exact) mass is 226 g/mol. The minimum absolute atomic E-state index is 0.0788. The average molecular weight is 226 g/mol. The lowest BCUT2D eigenvalue weighted by molar-refractivity contribution is 0.418. The first kappa shape index (κ1) is 11.3. The van der Waals surface area contributed by atoms with E-state index in [1.807, 2.05) is 6.92 Å². The topological polar surface area (TPSA) is 29.3 Å². The molecule has 1 aliphatic heterocycles. The Morgan fingerprint density at radius 2 is 1.94 bits per heavy atom. The normalized spacial score (nSPS) is 25.9. The van der Waals surface area contributed by atoms with E-state index in [4.69, 9.17) is 5.73 Å². The molecule has 0 aromatic heterocycles. The molecule has 2 atom stereocenters. The number of nitrogens with zero attached hydrogens (tertiary/aromatic N) is 1. The minimum Gasteiger partial charge on any atom is -0.364 e. The summed E-state index contributed by atoms with van der Waals surface area (Å²) < 4.78 is 27.2. The van der Waals surface area contributed by atoms with E-state index in [2.05, 4.69) is 0 Å². The number of hydrogen-bond donors (Lipinski definition) is 1. The Kier molecular flexibility index (Phi) is 3.10. The third-order valence-corrected chi connectivity index (χ3v) is 3.14. The van der Waals surface area contributed by atoms with Crippen LogP contribution in [0, 0.1) is 11.6 Å². The van der Waals surface area contributed by atoms with Crippen molar-refractivity contribution in [3.63, 3.8) is 0 Å². The van der Waals surface area contributed by atoms with Crippen LogP contribution in [0.3, 0.4) is 0 Å². The molecule has 1 fully saturated rings. The fourth-order valence-corrected chi connectivity index (χ4v) is 2.30. The smallest absolute Gasteiger partial charge is 0.149 e. The van der Waals surface area contributed by atoms with Gasteiger partial charge in [0.15, 0.2) is 0 Å². The molecule has 16 heavy (non-hydrogen) atoms. The van der Waals surface area contributed by atoms with E-state index in [0.29, 0.717) is 6.54 Å². The van der Waals surface area contributed by atoms with Gasteiger partial charge in [-0.1, -0.05) is 6.07 Å². The highest BCUT2D eigenvalue weighted by Crippen LogP contribution is 2.29. The molecule has 1 aromatic carbocycles. The summed E-state index contributed by atoms with van der Waals surface area (Å²) in [5.74, 6) is -0.996. The van der Waals surface area contributed by atoms with Gasteiger partial charge in [0.1, 0.15) is 17.3 Å². The molecule has 0 bridgehead atoms. The number of hydrogen-bond acceptors (Lipinski definition) is 2. The molecule has 2 rings (SSSR count). The van der Waals surface area contributed by atoms with Crippen molar-refractivity contribution in [1.82, 2.24) is 0 Å². The van der Waals surface area contributed by atoms with Crippen molar-refractivity contribution in [1.29, 1.82) is 0 Å². The summed E-state index contributed by atoms with van der Waals surface area (Å²) in [5.41, 5.74) is 5.91. The summed E-state index contributed by atoms with van der Waals surface area (Å²) in [6.07, 6.45) is 1.55. The predicted molar refractivity (Wildman–Crippen MR) is 60.4 cm³/mol. The maximum absolute atomic E-state index is 13.6. The molecule has 0 amide bonds. The second-order valence-electron chi connectivity index (χ2n) is 4.40. The van der Waals surface area contributed by atoms with Crippen LogP contribution in [0.1, 0.15) is 19.8 Å². The van der Waals surface area contributed by atoms with Crippen molar-refractivity contribution >= 4 is 5.69 Å². The van der Waals surface area contributed by atoms with Crippen molar-refractivity contribution in [2.45, 2.75) is 31.8 Å². The van der Waals surface area contributed by atoms with Crippen molar-refractivity contribution < 1.29 is 8.78 Å². The van der Waals surface area contributed by atoms with E-state index < -0.39 is 11.6 Å². The van der Waals surface area contributed by atoms with Gasteiger partial charge in [-0.2, -0.15) is 0 Å². The van der Waals surface area contributed by atoms with Gasteiger partial charge >= 0.3 is 0 Å². The van der Waals surface area contributed by atoms with E-state index in [9.17, 15) is 8.78 Å². The molecule has 2 nitrogen and oxygen atoms in total. The van der Waals surface area contributed by atoms with Gasteiger partial charge in [0.25, 0.3) is 0 Å². The van der Waals surface area contributed by atoms with Crippen LogP contribution in [0.2, 0.25) is 0 Å². The van der Waals surface area contributed by atoms with E-state index in [-0.39, 0.29) is 17.8 Å². The van der Waals surface area contributed by atoms with Gasteiger partial charge in [0.05, 0.1) is 0 Å². The van der Waals surface area contributed by atoms with Crippen molar-refractivity contribution in [2.75, 3.05) is 11.4 Å². The standard InChI is InChI=1S/C12H16F2N2/c1-8-7-9(15)5-6-16(8)12-10(13)3-2-4-11(12)14/h2-4,8-9H,5-7,15H2,1H3. The Morgan fingerprint density at radius 3 is 2.50 bits per heavy atom. The zero-order valence-electron chi connectivity index (χ0n) is 9.29. The number of piperidine rings is 1. The number of rotatable bonds is 1. The second kappa shape index (κ2) is 4.37. The highest BCUT2D eigenvalue weighted by molar-refractivity contribution is 5.50. The third kappa shape index (κ3) is 2.02. The Labute approximate surface area is 94.0 Å². The quantitative estimate of drug-likeness (QED) is 0.796. The first-order valence-electron chi connectivity index (χ1n) is 5.56. The molecule has 0 spiro atoms. The van der Waals surface area contributed by atoms with E-state index >= 15 is 0 Å². The molecular weight excluding hydrogens is 210 g/mol. The van der Waals surface area contributed by atoms with Crippen LogP contribution in [-0.2, 0) is 0 Å². The lowest BCUT2D eigenvalue weighted by Gasteiger charge is -2.38. The molecule has 1 aliphatic rings. The molecule has 0 aliphatic carbocycles. The van der Waals surface area contributed by atoms with E-state index in [1.54, 1.807) is 4.90 Å². The maximum atomic E-state index is 13.6. The Bertz CT molecular complexity index is 361. The van der Waals surface area contributed by atoms with E-state index in [1.165, 1.54) is 18.2 Å². The molecule has 1 saturated heterocycles. The fourth-order valence-electron chi connectivity index (χ4n) is 2.30. The lowest BCUT2D eigenvalue weighted by Crippen LogP contribution is -2.46. The van der Waals surface area contributed by atoms with Gasteiger partial charge in [-0.05, 0) is 31.9 Å². The van der Waals surface area contributed by atoms with Crippen LogP contribution in [-0.4, -0.2) is 18.6 Å². The number of anilines is 1. The summed E-state index contributed by atoms with van der Waals surface area (Å²) in [6, 6.07) is 4.18. The van der Waals surface area contributed by atoms with Gasteiger partial charge in [-0.25, -0.2) is 8.78 Å². The second-order valence-corrected chi connectivity index (χ2v) is 4.40. The molecular formula is C12H16F2N2. The van der Waals surface area contributed by atoms with Crippen LogP contribution >= 0.6 is 0 Å².